The smallest absolute Gasteiger partial charge is 0.227 e. The Morgan fingerprint density at radius 2 is 2.18 bits per heavy atom. The fourth-order valence-electron chi connectivity index (χ4n) is 2.86. The lowest BCUT2D eigenvalue weighted by molar-refractivity contribution is -0.119. The van der Waals surface area contributed by atoms with E-state index in [9.17, 15) is 9.59 Å². The van der Waals surface area contributed by atoms with Crippen molar-refractivity contribution in [3.8, 4) is 0 Å². The summed E-state index contributed by atoms with van der Waals surface area (Å²) in [5.41, 5.74) is 2.77. The molecule has 0 saturated carbocycles. The highest BCUT2D eigenvalue weighted by atomic mass is 16.2. The maximum Gasteiger partial charge on any atom is 0.227 e. The fraction of sp³-hybridized carbons (Fsp3) is 0.286. The van der Waals surface area contributed by atoms with Crippen molar-refractivity contribution in [2.24, 2.45) is 0 Å². The molecule has 0 saturated heterocycles. The first kappa shape index (κ1) is 10.3. The van der Waals surface area contributed by atoms with E-state index >= 15 is 0 Å². The van der Waals surface area contributed by atoms with Crippen LogP contribution in [0.4, 0.5) is 5.69 Å². The summed E-state index contributed by atoms with van der Waals surface area (Å²) in [7, 11) is 0. The highest BCUT2D eigenvalue weighted by molar-refractivity contribution is 6.08. The van der Waals surface area contributed by atoms with Crippen molar-refractivity contribution in [3.05, 3.63) is 42.0 Å². The van der Waals surface area contributed by atoms with Gasteiger partial charge in [0, 0.05) is 36.6 Å². The molecule has 0 fully saturated rings. The number of rotatable bonds is 2. The predicted octanol–water partition coefficient (Wildman–Crippen LogP) is 2.28. The van der Waals surface area contributed by atoms with Crippen molar-refractivity contribution < 1.29 is 9.59 Å². The van der Waals surface area contributed by atoms with E-state index in [1.807, 2.05) is 18.2 Å². The van der Waals surface area contributed by atoms with Gasteiger partial charge in [-0.25, -0.2) is 0 Å². The van der Waals surface area contributed by atoms with E-state index in [0.29, 0.717) is 19.4 Å². The molecule has 1 unspecified atom stereocenters. The van der Waals surface area contributed by atoms with Crippen LogP contribution < -0.4 is 4.90 Å². The van der Waals surface area contributed by atoms with Gasteiger partial charge in [-0.15, -0.1) is 6.58 Å². The van der Waals surface area contributed by atoms with Crippen LogP contribution in [0.5, 0.6) is 0 Å². The number of carbonyl (C=O) groups excluding carboxylic acids is 2. The van der Waals surface area contributed by atoms with E-state index < -0.39 is 0 Å². The molecule has 1 aromatic rings. The van der Waals surface area contributed by atoms with E-state index in [0.717, 1.165) is 16.8 Å². The summed E-state index contributed by atoms with van der Waals surface area (Å²) in [4.78, 5) is 25.6. The zero-order chi connectivity index (χ0) is 12.0. The second-order valence-electron chi connectivity index (χ2n) is 4.56. The molecule has 1 heterocycles. The van der Waals surface area contributed by atoms with Gasteiger partial charge in [0.15, 0.2) is 5.78 Å². The third-order valence-electron chi connectivity index (χ3n) is 3.55. The van der Waals surface area contributed by atoms with Crippen LogP contribution in [0.25, 0.3) is 0 Å². The monoisotopic (exact) mass is 227 g/mol. The van der Waals surface area contributed by atoms with Gasteiger partial charge in [-0.3, -0.25) is 9.59 Å². The summed E-state index contributed by atoms with van der Waals surface area (Å²) in [6.45, 7) is 4.18. The summed E-state index contributed by atoms with van der Waals surface area (Å²) < 4.78 is 0. The van der Waals surface area contributed by atoms with Crippen LogP contribution in [-0.2, 0) is 4.79 Å². The highest BCUT2D eigenvalue weighted by Gasteiger charge is 2.39. The summed E-state index contributed by atoms with van der Waals surface area (Å²) in [6.07, 6.45) is 2.65. The largest absolute Gasteiger partial charge is 0.308 e. The van der Waals surface area contributed by atoms with Crippen molar-refractivity contribution >= 4 is 17.4 Å². The van der Waals surface area contributed by atoms with Gasteiger partial charge in [0.1, 0.15) is 0 Å². The topological polar surface area (TPSA) is 37.4 Å². The molecule has 1 aliphatic carbocycles. The molecule has 3 nitrogen and oxygen atoms in total. The Bertz CT molecular complexity index is 533. The van der Waals surface area contributed by atoms with E-state index in [4.69, 9.17) is 0 Å². The van der Waals surface area contributed by atoms with Crippen LogP contribution in [-0.4, -0.2) is 18.2 Å². The molecule has 1 amide bonds. The Labute approximate surface area is 99.7 Å². The Morgan fingerprint density at radius 3 is 2.94 bits per heavy atom. The second-order valence-corrected chi connectivity index (χ2v) is 4.56. The molecule has 3 heteroatoms. The quantitative estimate of drug-likeness (QED) is 0.727. The van der Waals surface area contributed by atoms with E-state index in [2.05, 4.69) is 6.58 Å². The first-order valence-corrected chi connectivity index (χ1v) is 5.79. The van der Waals surface area contributed by atoms with Gasteiger partial charge in [-0.1, -0.05) is 18.2 Å². The average molecular weight is 227 g/mol. The summed E-state index contributed by atoms with van der Waals surface area (Å²) in [5, 5.41) is 0. The number of hydrogen-bond donors (Lipinski definition) is 0. The van der Waals surface area contributed by atoms with E-state index in [-0.39, 0.29) is 17.6 Å². The second kappa shape index (κ2) is 3.55. The number of Topliss-reactive ketones (excluding diaryl/α,β-unsaturated/α-hetero) is 1. The predicted molar refractivity (Wildman–Crippen MR) is 65.3 cm³/mol. The Balaban J connectivity index is 2.19. The molecular weight excluding hydrogens is 214 g/mol. The van der Waals surface area contributed by atoms with Gasteiger partial charge in [0.25, 0.3) is 0 Å². The normalized spacial score (nSPS) is 21.6. The van der Waals surface area contributed by atoms with Gasteiger partial charge < -0.3 is 4.90 Å². The maximum absolute atomic E-state index is 12.0. The number of ketones is 1. The lowest BCUT2D eigenvalue weighted by atomic mass is 9.91. The van der Waals surface area contributed by atoms with E-state index in [1.54, 1.807) is 11.0 Å². The Hall–Kier alpha value is -1.90. The molecule has 2 aliphatic rings. The lowest BCUT2D eigenvalue weighted by Gasteiger charge is -2.31. The van der Waals surface area contributed by atoms with Crippen molar-refractivity contribution in [1.29, 1.82) is 0 Å². The zero-order valence-electron chi connectivity index (χ0n) is 9.48. The number of hydrogen-bond acceptors (Lipinski definition) is 2. The lowest BCUT2D eigenvalue weighted by Crippen LogP contribution is -2.36. The first-order valence-electron chi connectivity index (χ1n) is 5.79. The molecule has 1 atom stereocenters. The molecule has 0 aromatic heterocycles. The summed E-state index contributed by atoms with van der Waals surface area (Å²) >= 11 is 0. The molecule has 17 heavy (non-hydrogen) atoms. The van der Waals surface area contributed by atoms with Crippen molar-refractivity contribution in [3.63, 3.8) is 0 Å². The number of benzene rings is 1. The summed E-state index contributed by atoms with van der Waals surface area (Å²) in [5.74, 6) is 0.358. The van der Waals surface area contributed by atoms with Gasteiger partial charge in [0.2, 0.25) is 5.91 Å². The molecule has 0 radical (unpaired) electrons. The minimum atomic E-state index is 0.0919. The van der Waals surface area contributed by atoms with Crippen LogP contribution >= 0.6 is 0 Å². The van der Waals surface area contributed by atoms with Gasteiger partial charge in [-0.2, -0.15) is 0 Å². The summed E-state index contributed by atoms with van der Waals surface area (Å²) in [6, 6.07) is 5.64. The number of nitrogens with zero attached hydrogens (tertiary/aromatic N) is 1. The molecule has 0 bridgehead atoms. The number of anilines is 1. The molecule has 0 N–H and O–H groups in total. The minimum absolute atomic E-state index is 0.0919. The molecule has 3 rings (SSSR count). The zero-order valence-corrected chi connectivity index (χ0v) is 9.48. The standard InChI is InChI=1S/C14H13NO2/c1-2-6-15-11-5-3-4-10-12(16)7-9(14(10)11)8-13(15)17/h2-5,9H,1,6-8H2. The Morgan fingerprint density at radius 1 is 1.35 bits per heavy atom. The van der Waals surface area contributed by atoms with E-state index in [1.165, 1.54) is 0 Å². The highest BCUT2D eigenvalue weighted by Crippen LogP contribution is 2.45. The Kier molecular flexibility index (Phi) is 2.15. The van der Waals surface area contributed by atoms with Gasteiger partial charge in [-0.05, 0) is 11.6 Å². The maximum atomic E-state index is 12.0. The van der Waals surface area contributed by atoms with Crippen molar-refractivity contribution in [1.82, 2.24) is 0 Å². The average Bonchev–Trinajstić information content (AvgIpc) is 2.63. The van der Waals surface area contributed by atoms with Crippen LogP contribution in [0.15, 0.2) is 30.9 Å². The van der Waals surface area contributed by atoms with Crippen LogP contribution in [0.2, 0.25) is 0 Å². The molecule has 0 spiro atoms. The van der Waals surface area contributed by atoms with Crippen molar-refractivity contribution in [2.75, 3.05) is 11.4 Å². The van der Waals surface area contributed by atoms with Gasteiger partial charge >= 0.3 is 0 Å². The minimum Gasteiger partial charge on any atom is -0.308 e. The van der Waals surface area contributed by atoms with Crippen LogP contribution in [0, 0.1) is 0 Å². The fourth-order valence-corrected chi connectivity index (χ4v) is 2.86. The third-order valence-corrected chi connectivity index (χ3v) is 3.55. The SMILES string of the molecule is C=CCN1C(=O)CC2CC(=O)c3cccc1c32. The molecule has 86 valence electrons. The molecule has 1 aliphatic heterocycles. The van der Waals surface area contributed by atoms with Gasteiger partial charge in [0.05, 0.1) is 0 Å². The van der Waals surface area contributed by atoms with Crippen LogP contribution in [0.3, 0.4) is 0 Å². The van der Waals surface area contributed by atoms with Crippen molar-refractivity contribution in [2.45, 2.75) is 18.8 Å². The molecular formula is C14H13NO2. The number of amides is 1. The first-order chi connectivity index (χ1) is 8.22. The van der Waals surface area contributed by atoms with Crippen LogP contribution in [0.1, 0.15) is 34.7 Å². The molecule has 1 aromatic carbocycles. The number of carbonyl (C=O) groups is 2. The third kappa shape index (κ3) is 1.35.